The Morgan fingerprint density at radius 1 is 1.24 bits per heavy atom. The third-order valence-electron chi connectivity index (χ3n) is 3.80. The predicted octanol–water partition coefficient (Wildman–Crippen LogP) is -0.224. The van der Waals surface area contributed by atoms with E-state index in [1.807, 2.05) is 0 Å². The van der Waals surface area contributed by atoms with Gasteiger partial charge in [-0.05, 0) is 6.54 Å². The SMILES string of the molecule is CCN1CCN(Cc2cc(=O)c(O)cn2CC(=O)O)CC1. The van der Waals surface area contributed by atoms with Crippen LogP contribution in [0.5, 0.6) is 5.75 Å². The lowest BCUT2D eigenvalue weighted by molar-refractivity contribution is -0.137. The molecular formula is C14H21N3O4. The molecule has 0 unspecified atom stereocenters. The quantitative estimate of drug-likeness (QED) is 0.781. The monoisotopic (exact) mass is 295 g/mol. The number of carboxylic acids is 1. The molecule has 0 amide bonds. The van der Waals surface area contributed by atoms with Crippen molar-refractivity contribution in [3.63, 3.8) is 0 Å². The molecule has 2 N–H and O–H groups in total. The second-order valence-electron chi connectivity index (χ2n) is 5.25. The second kappa shape index (κ2) is 6.73. The molecule has 21 heavy (non-hydrogen) atoms. The summed E-state index contributed by atoms with van der Waals surface area (Å²) >= 11 is 0. The highest BCUT2D eigenvalue weighted by molar-refractivity contribution is 5.66. The normalized spacial score (nSPS) is 17.0. The summed E-state index contributed by atoms with van der Waals surface area (Å²) in [5.41, 5.74) is 0.143. The topological polar surface area (TPSA) is 86.0 Å². The number of aromatic hydroxyl groups is 1. The van der Waals surface area contributed by atoms with Gasteiger partial charge in [0.05, 0.1) is 6.20 Å². The lowest BCUT2D eigenvalue weighted by Crippen LogP contribution is -2.46. The average molecular weight is 295 g/mol. The van der Waals surface area contributed by atoms with Crippen LogP contribution < -0.4 is 5.43 Å². The first-order valence-electron chi connectivity index (χ1n) is 7.08. The first-order chi connectivity index (χ1) is 9.99. The van der Waals surface area contributed by atoms with Gasteiger partial charge in [0.1, 0.15) is 6.54 Å². The van der Waals surface area contributed by atoms with E-state index in [0.29, 0.717) is 12.2 Å². The highest BCUT2D eigenvalue weighted by Gasteiger charge is 2.17. The molecule has 2 heterocycles. The van der Waals surface area contributed by atoms with E-state index in [2.05, 4.69) is 16.7 Å². The minimum atomic E-state index is -1.00. The Morgan fingerprint density at radius 2 is 1.86 bits per heavy atom. The number of hydrogen-bond acceptors (Lipinski definition) is 5. The number of piperazine rings is 1. The van der Waals surface area contributed by atoms with Gasteiger partial charge in [-0.15, -0.1) is 0 Å². The minimum Gasteiger partial charge on any atom is -0.503 e. The zero-order valence-corrected chi connectivity index (χ0v) is 12.2. The summed E-state index contributed by atoms with van der Waals surface area (Å²) in [5.74, 6) is -1.43. The molecule has 0 spiro atoms. The van der Waals surface area contributed by atoms with E-state index in [-0.39, 0.29) is 6.54 Å². The van der Waals surface area contributed by atoms with Crippen LogP contribution in [0, 0.1) is 0 Å². The zero-order chi connectivity index (χ0) is 15.4. The van der Waals surface area contributed by atoms with Gasteiger partial charge < -0.3 is 19.7 Å². The van der Waals surface area contributed by atoms with Gasteiger partial charge in [-0.3, -0.25) is 14.5 Å². The Hall–Kier alpha value is -1.86. The Morgan fingerprint density at radius 3 is 2.43 bits per heavy atom. The Bertz CT molecular complexity index is 562. The molecule has 1 aromatic rings. The number of rotatable bonds is 5. The molecule has 1 aliphatic rings. The first-order valence-corrected chi connectivity index (χ1v) is 7.08. The van der Waals surface area contributed by atoms with Crippen LogP contribution in [-0.4, -0.2) is 63.3 Å². The van der Waals surface area contributed by atoms with Crippen LogP contribution in [0.3, 0.4) is 0 Å². The molecule has 7 heteroatoms. The fourth-order valence-electron chi connectivity index (χ4n) is 2.52. The second-order valence-corrected chi connectivity index (χ2v) is 5.25. The molecule has 1 fully saturated rings. The van der Waals surface area contributed by atoms with Gasteiger partial charge in [-0.2, -0.15) is 0 Å². The summed E-state index contributed by atoms with van der Waals surface area (Å²) in [7, 11) is 0. The number of aliphatic carboxylic acids is 1. The van der Waals surface area contributed by atoms with Crippen LogP contribution in [0.2, 0.25) is 0 Å². The van der Waals surface area contributed by atoms with Crippen molar-refractivity contribution in [3.05, 3.63) is 28.2 Å². The first kappa shape index (κ1) is 15.5. The molecule has 0 saturated carbocycles. The molecule has 1 saturated heterocycles. The molecule has 0 aromatic carbocycles. The van der Waals surface area contributed by atoms with Gasteiger partial charge in [-0.25, -0.2) is 0 Å². The molecule has 7 nitrogen and oxygen atoms in total. The lowest BCUT2D eigenvalue weighted by atomic mass is 10.2. The van der Waals surface area contributed by atoms with E-state index in [0.717, 1.165) is 32.7 Å². The van der Waals surface area contributed by atoms with E-state index in [9.17, 15) is 14.7 Å². The highest BCUT2D eigenvalue weighted by Crippen LogP contribution is 2.10. The molecule has 2 rings (SSSR count). The molecule has 0 aliphatic carbocycles. The summed E-state index contributed by atoms with van der Waals surface area (Å²) in [5, 5.41) is 18.4. The van der Waals surface area contributed by atoms with E-state index >= 15 is 0 Å². The molecule has 0 radical (unpaired) electrons. The van der Waals surface area contributed by atoms with Crippen molar-refractivity contribution in [1.82, 2.24) is 14.4 Å². The summed E-state index contributed by atoms with van der Waals surface area (Å²) in [4.78, 5) is 27.0. The van der Waals surface area contributed by atoms with Crippen LogP contribution in [0.25, 0.3) is 0 Å². The van der Waals surface area contributed by atoms with Gasteiger partial charge in [-0.1, -0.05) is 6.92 Å². The Kier molecular flexibility index (Phi) is 4.98. The van der Waals surface area contributed by atoms with Gasteiger partial charge in [0, 0.05) is 44.5 Å². The van der Waals surface area contributed by atoms with Gasteiger partial charge in [0.2, 0.25) is 5.43 Å². The maximum Gasteiger partial charge on any atom is 0.323 e. The van der Waals surface area contributed by atoms with Crippen molar-refractivity contribution >= 4 is 5.97 Å². The summed E-state index contributed by atoms with van der Waals surface area (Å²) in [6.45, 7) is 7.11. The van der Waals surface area contributed by atoms with Crippen molar-refractivity contribution in [3.8, 4) is 5.75 Å². The maximum absolute atomic E-state index is 11.6. The summed E-state index contributed by atoms with van der Waals surface area (Å²) < 4.78 is 1.42. The molecule has 0 bridgehead atoms. The van der Waals surface area contributed by atoms with Crippen LogP contribution in [-0.2, 0) is 17.9 Å². The number of carboxylic acid groups (broad SMARTS) is 1. The maximum atomic E-state index is 11.6. The molecule has 116 valence electrons. The molecular weight excluding hydrogens is 274 g/mol. The zero-order valence-electron chi connectivity index (χ0n) is 12.2. The van der Waals surface area contributed by atoms with Gasteiger partial charge in [0.15, 0.2) is 5.75 Å². The van der Waals surface area contributed by atoms with Crippen LogP contribution in [0.1, 0.15) is 12.6 Å². The van der Waals surface area contributed by atoms with E-state index in [1.54, 1.807) is 0 Å². The van der Waals surface area contributed by atoms with Crippen LogP contribution in [0.4, 0.5) is 0 Å². The summed E-state index contributed by atoms with van der Waals surface area (Å²) in [6, 6.07) is 1.32. The fraction of sp³-hybridized carbons (Fsp3) is 0.571. The molecule has 0 atom stereocenters. The van der Waals surface area contributed by atoms with Crippen molar-refractivity contribution in [1.29, 1.82) is 0 Å². The van der Waals surface area contributed by atoms with Crippen molar-refractivity contribution < 1.29 is 15.0 Å². The van der Waals surface area contributed by atoms with E-state index < -0.39 is 17.1 Å². The lowest BCUT2D eigenvalue weighted by Gasteiger charge is -2.34. The van der Waals surface area contributed by atoms with E-state index in [1.165, 1.54) is 16.8 Å². The number of hydrogen-bond donors (Lipinski definition) is 2. The molecule has 1 aromatic heterocycles. The Balaban J connectivity index is 2.13. The fourth-order valence-corrected chi connectivity index (χ4v) is 2.52. The number of pyridine rings is 1. The third-order valence-corrected chi connectivity index (χ3v) is 3.80. The number of likely N-dealkylation sites (N-methyl/N-ethyl adjacent to an activating group) is 1. The predicted molar refractivity (Wildman–Crippen MR) is 77.4 cm³/mol. The van der Waals surface area contributed by atoms with Crippen molar-refractivity contribution in [2.75, 3.05) is 32.7 Å². The number of carbonyl (C=O) groups is 1. The molecule has 1 aliphatic heterocycles. The van der Waals surface area contributed by atoms with Gasteiger partial charge in [0.25, 0.3) is 0 Å². The largest absolute Gasteiger partial charge is 0.503 e. The highest BCUT2D eigenvalue weighted by atomic mass is 16.4. The smallest absolute Gasteiger partial charge is 0.323 e. The van der Waals surface area contributed by atoms with Crippen molar-refractivity contribution in [2.45, 2.75) is 20.0 Å². The minimum absolute atomic E-state index is 0.266. The standard InChI is InChI=1S/C14H21N3O4/c1-2-15-3-5-16(6-4-15)8-11-7-12(18)13(19)9-17(11)10-14(20)21/h7,9,19H,2-6,8,10H2,1H3,(H,20,21). The summed E-state index contributed by atoms with van der Waals surface area (Å²) in [6.07, 6.45) is 1.20. The van der Waals surface area contributed by atoms with E-state index in [4.69, 9.17) is 5.11 Å². The van der Waals surface area contributed by atoms with Gasteiger partial charge >= 0.3 is 5.97 Å². The Labute approximate surface area is 123 Å². The van der Waals surface area contributed by atoms with Crippen molar-refractivity contribution in [2.24, 2.45) is 0 Å². The number of nitrogens with zero attached hydrogens (tertiary/aromatic N) is 3. The van der Waals surface area contributed by atoms with Crippen LogP contribution in [0.15, 0.2) is 17.1 Å². The van der Waals surface area contributed by atoms with Crippen LogP contribution >= 0.6 is 0 Å². The average Bonchev–Trinajstić information content (AvgIpc) is 2.44. The third kappa shape index (κ3) is 4.05. The number of aromatic nitrogens is 1.